The number of nitrogens with zero attached hydrogens (tertiary/aromatic N) is 2. The quantitative estimate of drug-likeness (QED) is 0.306. The van der Waals surface area contributed by atoms with E-state index in [1.165, 1.54) is 69.1 Å². The Morgan fingerprint density at radius 1 is 1.16 bits per heavy atom. The first-order chi connectivity index (χ1) is 15.7. The van der Waals surface area contributed by atoms with Gasteiger partial charge in [-0.05, 0) is 43.6 Å². The van der Waals surface area contributed by atoms with Crippen molar-refractivity contribution in [3.8, 4) is 0 Å². The van der Waals surface area contributed by atoms with Crippen molar-refractivity contribution < 1.29 is 4.79 Å². The number of hydrazine groups is 1. The second kappa shape index (κ2) is 14.1. The lowest BCUT2D eigenvalue weighted by Crippen LogP contribution is -2.45. The third kappa shape index (κ3) is 8.57. The van der Waals surface area contributed by atoms with E-state index >= 15 is 0 Å². The lowest BCUT2D eigenvalue weighted by molar-refractivity contribution is -0.127. The summed E-state index contributed by atoms with van der Waals surface area (Å²) in [5.74, 6) is 1.39. The van der Waals surface area contributed by atoms with Crippen LogP contribution < -0.4 is 5.43 Å². The molecule has 5 heteroatoms. The number of thioether (sulfide) groups is 1. The zero-order valence-corrected chi connectivity index (χ0v) is 21.0. The largest absolute Gasteiger partial charge is 0.332 e. The van der Waals surface area contributed by atoms with Crippen LogP contribution in [-0.4, -0.2) is 59.0 Å². The fraction of sp³-hybridized carbons (Fsp3) is 0.667. The summed E-state index contributed by atoms with van der Waals surface area (Å²) in [4.78, 5) is 15.4. The molecule has 0 aliphatic carbocycles. The molecular formula is C27H43N3OS. The summed E-state index contributed by atoms with van der Waals surface area (Å²) in [6.07, 6.45) is 15.6. The summed E-state index contributed by atoms with van der Waals surface area (Å²) in [5, 5.41) is 2.94. The molecule has 0 spiro atoms. The van der Waals surface area contributed by atoms with E-state index in [1.807, 2.05) is 17.8 Å². The van der Waals surface area contributed by atoms with Crippen molar-refractivity contribution in [1.82, 2.24) is 15.3 Å². The minimum atomic E-state index is 0.155. The molecule has 0 saturated carbocycles. The van der Waals surface area contributed by atoms with E-state index in [2.05, 4.69) is 53.4 Å². The van der Waals surface area contributed by atoms with Crippen LogP contribution in [0.25, 0.3) is 6.08 Å². The van der Waals surface area contributed by atoms with Gasteiger partial charge < -0.3 is 4.90 Å². The molecule has 2 unspecified atom stereocenters. The van der Waals surface area contributed by atoms with Crippen LogP contribution in [0.15, 0.2) is 30.3 Å². The Kier molecular flexibility index (Phi) is 11.1. The Hall–Kier alpha value is -1.30. The number of hydrogen-bond acceptors (Lipinski definition) is 4. The predicted molar refractivity (Wildman–Crippen MR) is 139 cm³/mol. The summed E-state index contributed by atoms with van der Waals surface area (Å²) in [6.45, 7) is 8.14. The SMILES string of the molecule is CCCCCCCCCN1CC(N(CC2CCCS2)C(=O)C=Cc2ccc(C)cc2)CN1. The first-order valence-electron chi connectivity index (χ1n) is 12.8. The van der Waals surface area contributed by atoms with Gasteiger partial charge in [-0.15, -0.1) is 0 Å². The van der Waals surface area contributed by atoms with Crippen molar-refractivity contribution in [3.05, 3.63) is 41.5 Å². The Morgan fingerprint density at radius 3 is 2.62 bits per heavy atom. The first kappa shape index (κ1) is 25.3. The van der Waals surface area contributed by atoms with Crippen molar-refractivity contribution >= 4 is 23.7 Å². The van der Waals surface area contributed by atoms with Crippen LogP contribution in [-0.2, 0) is 4.79 Å². The van der Waals surface area contributed by atoms with E-state index in [0.29, 0.717) is 5.25 Å². The van der Waals surface area contributed by atoms with Gasteiger partial charge in [-0.3, -0.25) is 10.2 Å². The highest BCUT2D eigenvalue weighted by Gasteiger charge is 2.32. The number of carbonyl (C=O) groups is 1. The van der Waals surface area contributed by atoms with Crippen molar-refractivity contribution in [1.29, 1.82) is 0 Å². The van der Waals surface area contributed by atoms with Gasteiger partial charge in [0.05, 0.1) is 6.04 Å². The molecule has 2 saturated heterocycles. The number of nitrogens with one attached hydrogen (secondary N) is 1. The number of rotatable bonds is 13. The zero-order valence-electron chi connectivity index (χ0n) is 20.2. The molecule has 0 radical (unpaired) electrons. The van der Waals surface area contributed by atoms with Crippen LogP contribution in [0.2, 0.25) is 0 Å². The smallest absolute Gasteiger partial charge is 0.246 e. The van der Waals surface area contributed by atoms with E-state index in [0.717, 1.165) is 31.7 Å². The van der Waals surface area contributed by atoms with Gasteiger partial charge >= 0.3 is 0 Å². The predicted octanol–water partition coefficient (Wildman–Crippen LogP) is 5.67. The lowest BCUT2D eigenvalue weighted by atomic mass is 10.1. The van der Waals surface area contributed by atoms with Gasteiger partial charge in [-0.25, -0.2) is 5.01 Å². The van der Waals surface area contributed by atoms with Gasteiger partial charge in [-0.1, -0.05) is 75.3 Å². The van der Waals surface area contributed by atoms with Crippen LogP contribution in [0.3, 0.4) is 0 Å². The van der Waals surface area contributed by atoms with E-state index < -0.39 is 0 Å². The maximum atomic E-state index is 13.2. The second-order valence-electron chi connectivity index (χ2n) is 9.45. The minimum Gasteiger partial charge on any atom is -0.332 e. The number of benzene rings is 1. The zero-order chi connectivity index (χ0) is 22.6. The van der Waals surface area contributed by atoms with E-state index in [-0.39, 0.29) is 11.9 Å². The summed E-state index contributed by atoms with van der Waals surface area (Å²) in [6, 6.07) is 8.62. The first-order valence-corrected chi connectivity index (χ1v) is 13.9. The summed E-state index contributed by atoms with van der Waals surface area (Å²) >= 11 is 2.04. The fourth-order valence-corrected chi connectivity index (χ4v) is 5.89. The molecule has 0 bridgehead atoms. The molecule has 4 nitrogen and oxygen atoms in total. The molecule has 1 aromatic rings. The number of amides is 1. The number of hydrogen-bond donors (Lipinski definition) is 1. The van der Waals surface area contributed by atoms with Gasteiger partial charge in [0, 0.05) is 37.5 Å². The average Bonchev–Trinajstić information content (AvgIpc) is 3.48. The highest BCUT2D eigenvalue weighted by atomic mass is 32.2. The van der Waals surface area contributed by atoms with Gasteiger partial charge in [0.25, 0.3) is 0 Å². The highest BCUT2D eigenvalue weighted by molar-refractivity contribution is 8.00. The minimum absolute atomic E-state index is 0.155. The number of aryl methyl sites for hydroxylation is 1. The lowest BCUT2D eigenvalue weighted by Gasteiger charge is -2.30. The van der Waals surface area contributed by atoms with Gasteiger partial charge in [0.2, 0.25) is 5.91 Å². The van der Waals surface area contributed by atoms with Crippen LogP contribution >= 0.6 is 11.8 Å². The normalized spacial score (nSPS) is 21.6. The van der Waals surface area contributed by atoms with Gasteiger partial charge in [0.15, 0.2) is 0 Å². The van der Waals surface area contributed by atoms with E-state index in [4.69, 9.17) is 0 Å². The molecule has 2 heterocycles. The van der Waals surface area contributed by atoms with E-state index in [9.17, 15) is 4.79 Å². The molecule has 2 atom stereocenters. The number of unbranched alkanes of at least 4 members (excludes halogenated alkanes) is 6. The number of carbonyl (C=O) groups excluding carboxylic acids is 1. The van der Waals surface area contributed by atoms with Crippen molar-refractivity contribution in [2.45, 2.75) is 82.9 Å². The molecule has 1 amide bonds. The standard InChI is InChI=1S/C27H43N3OS/c1-3-4-5-6-7-8-9-18-29-21-25(20-28-29)30(22-26-11-10-19-32-26)27(31)17-16-24-14-12-23(2)13-15-24/h12-17,25-26,28H,3-11,18-22H2,1-2H3. The third-order valence-electron chi connectivity index (χ3n) is 6.66. The molecule has 1 N–H and O–H groups in total. The van der Waals surface area contributed by atoms with Crippen molar-refractivity contribution in [2.75, 3.05) is 31.9 Å². The Balaban J connectivity index is 1.49. The highest BCUT2D eigenvalue weighted by Crippen LogP contribution is 2.28. The molecule has 2 aliphatic rings. The molecule has 178 valence electrons. The van der Waals surface area contributed by atoms with Crippen LogP contribution in [0, 0.1) is 6.92 Å². The average molecular weight is 458 g/mol. The topological polar surface area (TPSA) is 35.6 Å². The van der Waals surface area contributed by atoms with Crippen LogP contribution in [0.5, 0.6) is 0 Å². The molecule has 3 rings (SSSR count). The second-order valence-corrected chi connectivity index (χ2v) is 10.9. The maximum absolute atomic E-state index is 13.2. The molecule has 0 aromatic heterocycles. The van der Waals surface area contributed by atoms with Crippen LogP contribution in [0.1, 0.15) is 75.8 Å². The van der Waals surface area contributed by atoms with Gasteiger partial charge in [0.1, 0.15) is 0 Å². The van der Waals surface area contributed by atoms with Crippen molar-refractivity contribution in [3.63, 3.8) is 0 Å². The molecule has 2 fully saturated rings. The maximum Gasteiger partial charge on any atom is 0.246 e. The summed E-state index contributed by atoms with van der Waals surface area (Å²) in [7, 11) is 0. The molecule has 1 aromatic carbocycles. The van der Waals surface area contributed by atoms with Crippen molar-refractivity contribution in [2.24, 2.45) is 0 Å². The third-order valence-corrected chi connectivity index (χ3v) is 8.04. The fourth-order valence-electron chi connectivity index (χ4n) is 4.62. The Labute approximate surface area is 200 Å². The molecular weight excluding hydrogens is 414 g/mol. The summed E-state index contributed by atoms with van der Waals surface area (Å²) in [5.41, 5.74) is 5.90. The summed E-state index contributed by atoms with van der Waals surface area (Å²) < 4.78 is 0. The Morgan fingerprint density at radius 2 is 1.91 bits per heavy atom. The molecule has 32 heavy (non-hydrogen) atoms. The van der Waals surface area contributed by atoms with Crippen LogP contribution in [0.4, 0.5) is 0 Å². The van der Waals surface area contributed by atoms with E-state index in [1.54, 1.807) is 6.08 Å². The monoisotopic (exact) mass is 457 g/mol. The Bertz CT molecular complexity index is 699. The molecule has 2 aliphatic heterocycles. The van der Waals surface area contributed by atoms with Gasteiger partial charge in [-0.2, -0.15) is 11.8 Å².